The summed E-state index contributed by atoms with van der Waals surface area (Å²) < 4.78 is 2.12. The first-order chi connectivity index (χ1) is 18.5. The monoisotopic (exact) mass is 511 g/mol. The van der Waals surface area contributed by atoms with Gasteiger partial charge in [0.1, 0.15) is 5.52 Å². The number of imidazole rings is 1. The predicted molar refractivity (Wildman–Crippen MR) is 150 cm³/mol. The van der Waals surface area contributed by atoms with Crippen molar-refractivity contribution >= 4 is 46.0 Å². The second kappa shape index (κ2) is 10.3. The van der Waals surface area contributed by atoms with Gasteiger partial charge in [-0.25, -0.2) is 9.97 Å². The Labute approximate surface area is 222 Å². The number of carbonyl (C=O) groups excluding carboxylic acids is 1. The summed E-state index contributed by atoms with van der Waals surface area (Å²) in [6.45, 7) is 7.20. The molecule has 0 saturated carbocycles. The van der Waals surface area contributed by atoms with Gasteiger partial charge in [-0.3, -0.25) is 9.36 Å². The number of benzene rings is 2. The number of fused-ring (bicyclic) bond motifs is 1. The SMILES string of the molecule is CC(=O)N1CC[C@H](n2c(Nc3ccccc3)nc3cnc(Nc4ccc(N5CCN(C)CC5)cc4)nc32)C1. The zero-order valence-corrected chi connectivity index (χ0v) is 21.8. The maximum absolute atomic E-state index is 12.0. The molecule has 2 saturated heterocycles. The van der Waals surface area contributed by atoms with E-state index in [0.717, 1.165) is 56.2 Å². The molecule has 4 aromatic rings. The minimum atomic E-state index is 0.0701. The number of likely N-dealkylation sites (N-methyl/N-ethyl adjacent to an activating group) is 1. The lowest BCUT2D eigenvalue weighted by Gasteiger charge is -2.34. The van der Waals surface area contributed by atoms with Gasteiger partial charge in [0.15, 0.2) is 5.65 Å². The lowest BCUT2D eigenvalue weighted by molar-refractivity contribution is -0.127. The molecular formula is C28H33N9O. The van der Waals surface area contributed by atoms with Crippen LogP contribution in [-0.4, -0.2) is 81.5 Å². The Morgan fingerprint density at radius 2 is 1.63 bits per heavy atom. The number of nitrogens with one attached hydrogen (secondary N) is 2. The standard InChI is InChI=1S/C28H33N9O/c1-20(38)36-13-12-24(19-36)37-26-25(32-28(37)31-21-6-4-3-5-7-21)18-29-27(33-26)30-22-8-10-23(11-9-22)35-16-14-34(2)15-17-35/h3-11,18,24H,12-17,19H2,1-2H3,(H,31,32)(H,29,30,33)/t24-/m0/s1. The fourth-order valence-corrected chi connectivity index (χ4v) is 5.22. The number of amides is 1. The average molecular weight is 512 g/mol. The fourth-order valence-electron chi connectivity index (χ4n) is 5.22. The summed E-state index contributed by atoms with van der Waals surface area (Å²) in [6, 6.07) is 18.5. The summed E-state index contributed by atoms with van der Waals surface area (Å²) >= 11 is 0. The van der Waals surface area contributed by atoms with Crippen molar-refractivity contribution in [2.75, 3.05) is 61.8 Å². The molecule has 4 heterocycles. The van der Waals surface area contributed by atoms with E-state index < -0.39 is 0 Å². The van der Waals surface area contributed by atoms with Gasteiger partial charge in [0.25, 0.3) is 0 Å². The Morgan fingerprint density at radius 1 is 0.895 bits per heavy atom. The van der Waals surface area contributed by atoms with Crippen molar-refractivity contribution in [3.05, 3.63) is 60.8 Å². The number of para-hydroxylation sites is 1. The van der Waals surface area contributed by atoms with E-state index >= 15 is 0 Å². The number of anilines is 5. The first kappa shape index (κ1) is 24.2. The number of aromatic nitrogens is 4. The molecule has 0 unspecified atom stereocenters. The van der Waals surface area contributed by atoms with Crippen LogP contribution in [0, 0.1) is 0 Å². The maximum atomic E-state index is 12.0. The highest BCUT2D eigenvalue weighted by Crippen LogP contribution is 2.32. The highest BCUT2D eigenvalue weighted by Gasteiger charge is 2.29. The third kappa shape index (κ3) is 4.99. The van der Waals surface area contributed by atoms with E-state index in [0.29, 0.717) is 24.0 Å². The first-order valence-corrected chi connectivity index (χ1v) is 13.2. The summed E-state index contributed by atoms with van der Waals surface area (Å²) in [5.74, 6) is 1.30. The van der Waals surface area contributed by atoms with Crippen LogP contribution in [0.15, 0.2) is 60.8 Å². The Bertz CT molecular complexity index is 1410. The molecule has 2 aromatic heterocycles. The second-order valence-electron chi connectivity index (χ2n) is 10.1. The molecule has 10 nitrogen and oxygen atoms in total. The summed E-state index contributed by atoms with van der Waals surface area (Å²) in [4.78, 5) is 33.0. The number of hydrogen-bond acceptors (Lipinski definition) is 8. The molecule has 0 aliphatic carbocycles. The van der Waals surface area contributed by atoms with E-state index in [-0.39, 0.29) is 11.9 Å². The molecule has 0 radical (unpaired) electrons. The lowest BCUT2D eigenvalue weighted by Crippen LogP contribution is -2.44. The summed E-state index contributed by atoms with van der Waals surface area (Å²) in [5.41, 5.74) is 4.55. The molecule has 1 amide bonds. The van der Waals surface area contributed by atoms with Gasteiger partial charge in [-0.1, -0.05) is 18.2 Å². The molecule has 2 aliphatic heterocycles. The minimum Gasteiger partial charge on any atom is -0.369 e. The Kier molecular flexibility index (Phi) is 6.55. The van der Waals surface area contributed by atoms with Gasteiger partial charge in [-0.05, 0) is 49.9 Å². The molecule has 2 N–H and O–H groups in total. The molecule has 0 spiro atoms. The van der Waals surface area contributed by atoms with Gasteiger partial charge >= 0.3 is 0 Å². The average Bonchev–Trinajstić information content (AvgIpc) is 3.55. The van der Waals surface area contributed by atoms with Crippen LogP contribution in [0.5, 0.6) is 0 Å². The van der Waals surface area contributed by atoms with Crippen LogP contribution in [0.2, 0.25) is 0 Å². The van der Waals surface area contributed by atoms with Crippen LogP contribution in [-0.2, 0) is 4.79 Å². The lowest BCUT2D eigenvalue weighted by atomic mass is 10.2. The Morgan fingerprint density at radius 3 is 2.34 bits per heavy atom. The van der Waals surface area contributed by atoms with Crippen molar-refractivity contribution in [1.29, 1.82) is 0 Å². The van der Waals surface area contributed by atoms with Crippen LogP contribution in [0.4, 0.5) is 29.0 Å². The highest BCUT2D eigenvalue weighted by molar-refractivity contribution is 5.78. The molecule has 6 rings (SSSR count). The number of likely N-dealkylation sites (tertiary alicyclic amines) is 1. The zero-order chi connectivity index (χ0) is 26.1. The summed E-state index contributed by atoms with van der Waals surface area (Å²) in [5, 5.41) is 6.81. The number of carbonyl (C=O) groups is 1. The number of hydrogen-bond donors (Lipinski definition) is 2. The topological polar surface area (TPSA) is 94.4 Å². The third-order valence-corrected chi connectivity index (χ3v) is 7.43. The van der Waals surface area contributed by atoms with Gasteiger partial charge in [-0.15, -0.1) is 0 Å². The predicted octanol–water partition coefficient (Wildman–Crippen LogP) is 3.86. The quantitative estimate of drug-likeness (QED) is 0.403. The molecule has 10 heteroatoms. The molecule has 2 aromatic carbocycles. The van der Waals surface area contributed by atoms with E-state index in [1.807, 2.05) is 35.2 Å². The number of piperazine rings is 1. The van der Waals surface area contributed by atoms with Crippen molar-refractivity contribution in [3.8, 4) is 0 Å². The molecule has 1 atom stereocenters. The van der Waals surface area contributed by atoms with E-state index in [1.54, 1.807) is 13.1 Å². The van der Waals surface area contributed by atoms with Gasteiger partial charge < -0.3 is 25.3 Å². The maximum Gasteiger partial charge on any atom is 0.229 e. The van der Waals surface area contributed by atoms with E-state index in [4.69, 9.17) is 9.97 Å². The molecule has 0 bridgehead atoms. The number of rotatable bonds is 6. The van der Waals surface area contributed by atoms with Crippen LogP contribution >= 0.6 is 0 Å². The van der Waals surface area contributed by atoms with Crippen molar-refractivity contribution in [3.63, 3.8) is 0 Å². The summed E-state index contributed by atoms with van der Waals surface area (Å²) in [6.07, 6.45) is 2.60. The zero-order valence-electron chi connectivity index (χ0n) is 21.8. The minimum absolute atomic E-state index is 0.0701. The molecule has 196 valence electrons. The number of nitrogens with zero attached hydrogens (tertiary/aromatic N) is 7. The van der Waals surface area contributed by atoms with Crippen LogP contribution < -0.4 is 15.5 Å². The van der Waals surface area contributed by atoms with Crippen molar-refractivity contribution < 1.29 is 4.79 Å². The van der Waals surface area contributed by atoms with Crippen LogP contribution in [0.3, 0.4) is 0 Å². The van der Waals surface area contributed by atoms with Gasteiger partial charge in [0.2, 0.25) is 17.8 Å². The van der Waals surface area contributed by atoms with Crippen molar-refractivity contribution in [2.24, 2.45) is 0 Å². The molecular weight excluding hydrogens is 478 g/mol. The molecule has 2 fully saturated rings. The van der Waals surface area contributed by atoms with E-state index in [9.17, 15) is 4.79 Å². The highest BCUT2D eigenvalue weighted by atomic mass is 16.2. The van der Waals surface area contributed by atoms with Gasteiger partial charge in [0.05, 0.1) is 12.2 Å². The smallest absolute Gasteiger partial charge is 0.229 e. The van der Waals surface area contributed by atoms with Crippen molar-refractivity contribution in [2.45, 2.75) is 19.4 Å². The van der Waals surface area contributed by atoms with Gasteiger partial charge in [0, 0.05) is 63.3 Å². The first-order valence-electron chi connectivity index (χ1n) is 13.2. The second-order valence-corrected chi connectivity index (χ2v) is 10.1. The van der Waals surface area contributed by atoms with Crippen molar-refractivity contribution in [1.82, 2.24) is 29.3 Å². The van der Waals surface area contributed by atoms with Crippen LogP contribution in [0.1, 0.15) is 19.4 Å². The Balaban J connectivity index is 1.28. The van der Waals surface area contributed by atoms with E-state index in [1.165, 1.54) is 5.69 Å². The van der Waals surface area contributed by atoms with Gasteiger partial charge in [-0.2, -0.15) is 4.98 Å². The fraction of sp³-hybridized carbons (Fsp3) is 0.357. The Hall–Kier alpha value is -4.18. The normalized spacial score (nSPS) is 18.2. The van der Waals surface area contributed by atoms with E-state index in [2.05, 4.69) is 61.3 Å². The largest absolute Gasteiger partial charge is 0.369 e. The molecule has 38 heavy (non-hydrogen) atoms. The van der Waals surface area contributed by atoms with Crippen LogP contribution in [0.25, 0.3) is 11.2 Å². The molecule has 2 aliphatic rings. The third-order valence-electron chi connectivity index (χ3n) is 7.43. The summed E-state index contributed by atoms with van der Waals surface area (Å²) in [7, 11) is 2.17.